The van der Waals surface area contributed by atoms with Crippen LogP contribution in [0.25, 0.3) is 0 Å². The molecular formula is C15H16O4S. The highest BCUT2D eigenvalue weighted by atomic mass is 32.2. The summed E-state index contributed by atoms with van der Waals surface area (Å²) < 4.78 is 34.5. The van der Waals surface area contributed by atoms with E-state index in [1.165, 1.54) is 12.1 Å². The highest BCUT2D eigenvalue weighted by Crippen LogP contribution is 2.22. The second-order valence-corrected chi connectivity index (χ2v) is 5.80. The minimum atomic E-state index is -3.80. The van der Waals surface area contributed by atoms with Gasteiger partial charge in [-0.05, 0) is 50.2 Å². The molecule has 0 N–H and O–H groups in total. The number of benzene rings is 2. The molecule has 2 aromatic carbocycles. The summed E-state index contributed by atoms with van der Waals surface area (Å²) in [5.74, 6) is 0.932. The lowest BCUT2D eigenvalue weighted by molar-refractivity contribution is 0.340. The lowest BCUT2D eigenvalue weighted by atomic mass is 10.2. The average Bonchev–Trinajstić information content (AvgIpc) is 2.41. The summed E-state index contributed by atoms with van der Waals surface area (Å²) in [7, 11) is -3.80. The third-order valence-electron chi connectivity index (χ3n) is 2.65. The first-order valence-electron chi connectivity index (χ1n) is 6.25. The van der Waals surface area contributed by atoms with Gasteiger partial charge in [-0.3, -0.25) is 0 Å². The maximum absolute atomic E-state index is 12.1. The zero-order valence-electron chi connectivity index (χ0n) is 11.4. The normalized spacial score (nSPS) is 11.1. The Morgan fingerprint density at radius 2 is 1.45 bits per heavy atom. The van der Waals surface area contributed by atoms with Crippen molar-refractivity contribution in [3.63, 3.8) is 0 Å². The Balaban J connectivity index is 2.17. The lowest BCUT2D eigenvalue weighted by Gasteiger charge is -2.08. The Bertz CT molecular complexity index is 658. The Hall–Kier alpha value is -2.01. The van der Waals surface area contributed by atoms with Crippen LogP contribution in [0.2, 0.25) is 0 Å². The van der Waals surface area contributed by atoms with Gasteiger partial charge < -0.3 is 8.92 Å². The maximum Gasteiger partial charge on any atom is 0.339 e. The molecule has 0 saturated carbocycles. The minimum Gasteiger partial charge on any atom is -0.494 e. The van der Waals surface area contributed by atoms with Crippen LogP contribution in [-0.2, 0) is 10.1 Å². The number of ether oxygens (including phenoxy) is 1. The van der Waals surface area contributed by atoms with E-state index in [4.69, 9.17) is 8.92 Å². The molecule has 0 unspecified atom stereocenters. The zero-order chi connectivity index (χ0) is 14.6. The third-order valence-corrected chi connectivity index (χ3v) is 3.91. The molecule has 0 saturated heterocycles. The van der Waals surface area contributed by atoms with Gasteiger partial charge in [0.05, 0.1) is 6.61 Å². The molecule has 0 bridgehead atoms. The van der Waals surface area contributed by atoms with Crippen molar-refractivity contribution in [3.05, 3.63) is 54.1 Å². The van der Waals surface area contributed by atoms with Crippen LogP contribution >= 0.6 is 0 Å². The van der Waals surface area contributed by atoms with Crippen molar-refractivity contribution >= 4 is 10.1 Å². The van der Waals surface area contributed by atoms with E-state index in [0.717, 1.165) is 5.56 Å². The van der Waals surface area contributed by atoms with Gasteiger partial charge in [-0.1, -0.05) is 17.7 Å². The predicted molar refractivity (Wildman–Crippen MR) is 76.6 cm³/mol. The van der Waals surface area contributed by atoms with E-state index in [-0.39, 0.29) is 10.6 Å². The van der Waals surface area contributed by atoms with Gasteiger partial charge in [0.2, 0.25) is 0 Å². The molecule has 0 atom stereocenters. The molecule has 0 radical (unpaired) electrons. The van der Waals surface area contributed by atoms with Crippen LogP contribution in [0.4, 0.5) is 0 Å². The van der Waals surface area contributed by atoms with Gasteiger partial charge in [0.1, 0.15) is 16.4 Å². The third kappa shape index (κ3) is 3.51. The van der Waals surface area contributed by atoms with E-state index >= 15 is 0 Å². The monoisotopic (exact) mass is 292 g/mol. The number of rotatable bonds is 5. The highest BCUT2D eigenvalue weighted by molar-refractivity contribution is 7.87. The summed E-state index contributed by atoms with van der Waals surface area (Å²) in [6.07, 6.45) is 0. The van der Waals surface area contributed by atoms with Crippen LogP contribution in [0.1, 0.15) is 12.5 Å². The number of hydrogen-bond donors (Lipinski definition) is 0. The SMILES string of the molecule is CCOc1ccc(OS(=O)(=O)c2ccc(C)cc2)cc1. The summed E-state index contributed by atoms with van der Waals surface area (Å²) in [6.45, 7) is 4.33. The summed E-state index contributed by atoms with van der Waals surface area (Å²) >= 11 is 0. The van der Waals surface area contributed by atoms with Crippen molar-refractivity contribution in [2.45, 2.75) is 18.7 Å². The molecule has 0 amide bonds. The van der Waals surface area contributed by atoms with Gasteiger partial charge in [-0.15, -0.1) is 0 Å². The molecule has 20 heavy (non-hydrogen) atoms. The fraction of sp³-hybridized carbons (Fsp3) is 0.200. The van der Waals surface area contributed by atoms with Crippen molar-refractivity contribution < 1.29 is 17.3 Å². The fourth-order valence-corrected chi connectivity index (χ4v) is 2.57. The lowest BCUT2D eigenvalue weighted by Crippen LogP contribution is -2.09. The Kier molecular flexibility index (Phi) is 4.29. The summed E-state index contributed by atoms with van der Waals surface area (Å²) in [4.78, 5) is 0.136. The van der Waals surface area contributed by atoms with E-state index in [1.54, 1.807) is 36.4 Å². The molecule has 0 fully saturated rings. The molecule has 0 aliphatic heterocycles. The molecule has 2 rings (SSSR count). The average molecular weight is 292 g/mol. The van der Waals surface area contributed by atoms with Crippen molar-refractivity contribution in [1.29, 1.82) is 0 Å². The molecule has 4 nitrogen and oxygen atoms in total. The van der Waals surface area contributed by atoms with E-state index in [1.807, 2.05) is 13.8 Å². The topological polar surface area (TPSA) is 52.6 Å². The van der Waals surface area contributed by atoms with Crippen molar-refractivity contribution in [2.24, 2.45) is 0 Å². The molecule has 2 aromatic rings. The van der Waals surface area contributed by atoms with Crippen molar-refractivity contribution in [2.75, 3.05) is 6.61 Å². The van der Waals surface area contributed by atoms with E-state index < -0.39 is 10.1 Å². The van der Waals surface area contributed by atoms with Gasteiger partial charge in [0.25, 0.3) is 0 Å². The summed E-state index contributed by atoms with van der Waals surface area (Å²) in [6, 6.07) is 13.0. The summed E-state index contributed by atoms with van der Waals surface area (Å²) in [5, 5.41) is 0. The highest BCUT2D eigenvalue weighted by Gasteiger charge is 2.16. The van der Waals surface area contributed by atoms with Crippen LogP contribution in [0.15, 0.2) is 53.4 Å². The van der Waals surface area contributed by atoms with Gasteiger partial charge in [0, 0.05) is 0 Å². The molecular weight excluding hydrogens is 276 g/mol. The Labute approximate surface area is 119 Å². The van der Waals surface area contributed by atoms with Crippen LogP contribution in [0, 0.1) is 6.92 Å². The summed E-state index contributed by atoms with van der Waals surface area (Å²) in [5.41, 5.74) is 0.991. The van der Waals surface area contributed by atoms with Gasteiger partial charge >= 0.3 is 10.1 Å². The molecule has 0 heterocycles. The number of hydrogen-bond acceptors (Lipinski definition) is 4. The molecule has 0 aliphatic rings. The Morgan fingerprint density at radius 3 is 2.00 bits per heavy atom. The minimum absolute atomic E-state index is 0.136. The Morgan fingerprint density at radius 1 is 0.900 bits per heavy atom. The molecule has 106 valence electrons. The van der Waals surface area contributed by atoms with E-state index in [9.17, 15) is 8.42 Å². The standard InChI is InChI=1S/C15H16O4S/c1-3-18-13-6-8-14(9-7-13)19-20(16,17)15-10-4-12(2)5-11-15/h4-11H,3H2,1-2H3. The number of aryl methyl sites for hydroxylation is 1. The second kappa shape index (κ2) is 5.96. The van der Waals surface area contributed by atoms with Crippen LogP contribution in [0.5, 0.6) is 11.5 Å². The first-order valence-corrected chi connectivity index (χ1v) is 7.66. The van der Waals surface area contributed by atoms with Crippen LogP contribution < -0.4 is 8.92 Å². The van der Waals surface area contributed by atoms with Gasteiger partial charge in [-0.2, -0.15) is 8.42 Å². The maximum atomic E-state index is 12.1. The smallest absolute Gasteiger partial charge is 0.339 e. The van der Waals surface area contributed by atoms with Gasteiger partial charge in [-0.25, -0.2) is 0 Å². The first-order chi connectivity index (χ1) is 9.51. The quantitative estimate of drug-likeness (QED) is 0.794. The first kappa shape index (κ1) is 14.4. The van der Waals surface area contributed by atoms with Crippen LogP contribution in [-0.4, -0.2) is 15.0 Å². The molecule has 0 aromatic heterocycles. The zero-order valence-corrected chi connectivity index (χ0v) is 12.2. The predicted octanol–water partition coefficient (Wildman–Crippen LogP) is 3.16. The second-order valence-electron chi connectivity index (χ2n) is 4.25. The molecule has 5 heteroatoms. The molecule has 0 spiro atoms. The molecule has 0 aliphatic carbocycles. The van der Waals surface area contributed by atoms with Gasteiger partial charge in [0.15, 0.2) is 0 Å². The van der Waals surface area contributed by atoms with Crippen LogP contribution in [0.3, 0.4) is 0 Å². The van der Waals surface area contributed by atoms with Crippen molar-refractivity contribution in [3.8, 4) is 11.5 Å². The largest absolute Gasteiger partial charge is 0.494 e. The fourth-order valence-electron chi connectivity index (χ4n) is 1.64. The van der Waals surface area contributed by atoms with Crippen molar-refractivity contribution in [1.82, 2.24) is 0 Å². The van der Waals surface area contributed by atoms with E-state index in [2.05, 4.69) is 0 Å². The van der Waals surface area contributed by atoms with E-state index in [0.29, 0.717) is 12.4 Å².